The molecule has 0 aliphatic rings. The molecule has 0 spiro atoms. The summed E-state index contributed by atoms with van der Waals surface area (Å²) in [5.41, 5.74) is 0.403. The molecule has 0 saturated heterocycles. The van der Waals surface area contributed by atoms with Crippen LogP contribution in [0.2, 0.25) is 0 Å². The van der Waals surface area contributed by atoms with Crippen molar-refractivity contribution in [2.75, 3.05) is 5.32 Å². The number of benzene rings is 1. The van der Waals surface area contributed by atoms with Crippen molar-refractivity contribution < 1.29 is 18.3 Å². The van der Waals surface area contributed by atoms with E-state index in [-0.39, 0.29) is 11.7 Å². The number of ether oxygens (including phenoxy) is 1. The van der Waals surface area contributed by atoms with Gasteiger partial charge in [-0.25, -0.2) is 0 Å². The van der Waals surface area contributed by atoms with Crippen LogP contribution in [0.1, 0.15) is 13.8 Å². The summed E-state index contributed by atoms with van der Waals surface area (Å²) in [5, 5.41) is 2.58. The zero-order valence-electron chi connectivity index (χ0n) is 9.34. The number of carbonyl (C=O) groups is 1. The molecular weight excluding hydrogens is 296 g/mol. The highest BCUT2D eigenvalue weighted by atomic mass is 79.9. The monoisotopic (exact) mass is 307 g/mol. The van der Waals surface area contributed by atoms with E-state index in [1.54, 1.807) is 19.9 Å². The van der Waals surface area contributed by atoms with Crippen LogP contribution in [0.5, 0.6) is 5.75 Å². The average molecular weight is 308 g/mol. The third-order valence-corrected chi connectivity index (χ3v) is 2.22. The first-order valence-electron chi connectivity index (χ1n) is 4.84. The van der Waals surface area contributed by atoms with Gasteiger partial charge in [-0.2, -0.15) is 8.78 Å². The molecule has 0 radical (unpaired) electrons. The van der Waals surface area contributed by atoms with Crippen molar-refractivity contribution >= 4 is 27.5 Å². The van der Waals surface area contributed by atoms with E-state index >= 15 is 0 Å². The van der Waals surface area contributed by atoms with E-state index in [1.807, 2.05) is 0 Å². The van der Waals surface area contributed by atoms with Gasteiger partial charge in [0.2, 0.25) is 5.91 Å². The standard InChI is InChI=1S/C11H12BrF2NO2/c1-11(2,12)9(16)15-7-4-3-5-8(6-7)17-10(13)14/h3-6,10H,1-2H3,(H,15,16). The van der Waals surface area contributed by atoms with Crippen molar-refractivity contribution in [2.24, 2.45) is 0 Å². The van der Waals surface area contributed by atoms with Gasteiger partial charge in [-0.15, -0.1) is 0 Å². The quantitative estimate of drug-likeness (QED) is 0.866. The second kappa shape index (κ2) is 5.44. The van der Waals surface area contributed by atoms with E-state index in [0.717, 1.165) is 0 Å². The number of halogens is 3. The summed E-state index contributed by atoms with van der Waals surface area (Å²) < 4.78 is 27.5. The maximum Gasteiger partial charge on any atom is 0.387 e. The highest BCUT2D eigenvalue weighted by Crippen LogP contribution is 2.22. The highest BCUT2D eigenvalue weighted by molar-refractivity contribution is 9.10. The topological polar surface area (TPSA) is 38.3 Å². The lowest BCUT2D eigenvalue weighted by Gasteiger charge is -2.16. The van der Waals surface area contributed by atoms with E-state index in [1.165, 1.54) is 18.2 Å². The van der Waals surface area contributed by atoms with Gasteiger partial charge in [0.05, 0.1) is 4.32 Å². The molecule has 17 heavy (non-hydrogen) atoms. The van der Waals surface area contributed by atoms with Gasteiger partial charge in [-0.05, 0) is 26.0 Å². The minimum absolute atomic E-state index is 0.00479. The lowest BCUT2D eigenvalue weighted by atomic mass is 10.2. The number of anilines is 1. The van der Waals surface area contributed by atoms with Crippen LogP contribution in [0.4, 0.5) is 14.5 Å². The first kappa shape index (κ1) is 13.9. The molecule has 0 aliphatic carbocycles. The van der Waals surface area contributed by atoms with Gasteiger partial charge in [0.25, 0.3) is 0 Å². The normalized spacial score (nSPS) is 11.4. The number of rotatable bonds is 4. The summed E-state index contributed by atoms with van der Waals surface area (Å²) >= 11 is 3.20. The Balaban J connectivity index is 2.76. The van der Waals surface area contributed by atoms with Crippen molar-refractivity contribution in [1.29, 1.82) is 0 Å². The van der Waals surface area contributed by atoms with Crippen LogP contribution in [0.25, 0.3) is 0 Å². The SMILES string of the molecule is CC(C)(Br)C(=O)Nc1cccc(OC(F)F)c1. The van der Waals surface area contributed by atoms with E-state index in [2.05, 4.69) is 26.0 Å². The predicted molar refractivity (Wildman–Crippen MR) is 64.7 cm³/mol. The Morgan fingerprint density at radius 3 is 2.65 bits per heavy atom. The van der Waals surface area contributed by atoms with E-state index in [0.29, 0.717) is 5.69 Å². The Morgan fingerprint density at radius 2 is 2.12 bits per heavy atom. The molecule has 3 nitrogen and oxygen atoms in total. The van der Waals surface area contributed by atoms with E-state index in [4.69, 9.17) is 0 Å². The Labute approximate surface area is 106 Å². The Kier molecular flexibility index (Phi) is 4.45. The summed E-state index contributed by atoms with van der Waals surface area (Å²) in [6, 6.07) is 5.84. The second-order valence-corrected chi connectivity index (χ2v) is 5.82. The zero-order chi connectivity index (χ0) is 13.1. The van der Waals surface area contributed by atoms with Gasteiger partial charge in [0.15, 0.2) is 0 Å². The molecule has 0 unspecified atom stereocenters. The minimum atomic E-state index is -2.88. The molecular formula is C11H12BrF2NO2. The number of alkyl halides is 3. The van der Waals surface area contributed by atoms with Crippen molar-refractivity contribution in [1.82, 2.24) is 0 Å². The molecule has 0 aliphatic heterocycles. The molecule has 1 aromatic rings. The van der Waals surface area contributed by atoms with Gasteiger partial charge in [-0.1, -0.05) is 22.0 Å². The van der Waals surface area contributed by atoms with Crippen LogP contribution in [0.15, 0.2) is 24.3 Å². The molecule has 0 bridgehead atoms. The Bertz CT molecular complexity index is 405. The van der Waals surface area contributed by atoms with Crippen LogP contribution in [0.3, 0.4) is 0 Å². The number of amides is 1. The van der Waals surface area contributed by atoms with Gasteiger partial charge in [-0.3, -0.25) is 4.79 Å². The molecule has 1 aromatic carbocycles. The fourth-order valence-corrected chi connectivity index (χ4v) is 1.13. The number of nitrogens with one attached hydrogen (secondary N) is 1. The number of hydrogen-bond donors (Lipinski definition) is 1. The Morgan fingerprint density at radius 1 is 1.47 bits per heavy atom. The lowest BCUT2D eigenvalue weighted by Crippen LogP contribution is -2.30. The minimum Gasteiger partial charge on any atom is -0.435 e. The molecule has 1 amide bonds. The first-order valence-corrected chi connectivity index (χ1v) is 5.63. The highest BCUT2D eigenvalue weighted by Gasteiger charge is 2.23. The summed E-state index contributed by atoms with van der Waals surface area (Å²) in [5.74, 6) is -0.267. The molecule has 1 rings (SSSR count). The fourth-order valence-electron chi connectivity index (χ4n) is 1.03. The second-order valence-electron chi connectivity index (χ2n) is 3.83. The lowest BCUT2D eigenvalue weighted by molar-refractivity contribution is -0.117. The van der Waals surface area contributed by atoms with Crippen LogP contribution >= 0.6 is 15.9 Å². The summed E-state index contributed by atoms with van der Waals surface area (Å²) in [6.45, 7) is 0.484. The van der Waals surface area contributed by atoms with Gasteiger partial charge >= 0.3 is 6.61 Å². The molecule has 0 saturated carbocycles. The summed E-state index contributed by atoms with van der Waals surface area (Å²) in [6.07, 6.45) is 0. The number of carbonyl (C=O) groups excluding carboxylic acids is 1. The Hall–Kier alpha value is -1.17. The largest absolute Gasteiger partial charge is 0.435 e. The molecule has 0 atom stereocenters. The maximum atomic E-state index is 12.0. The van der Waals surface area contributed by atoms with Gasteiger partial charge in [0.1, 0.15) is 5.75 Å². The smallest absolute Gasteiger partial charge is 0.387 e. The van der Waals surface area contributed by atoms with Crippen molar-refractivity contribution in [3.8, 4) is 5.75 Å². The van der Waals surface area contributed by atoms with E-state index in [9.17, 15) is 13.6 Å². The molecule has 1 N–H and O–H groups in total. The molecule has 0 fully saturated rings. The summed E-state index contributed by atoms with van der Waals surface area (Å²) in [4.78, 5) is 11.6. The molecule has 6 heteroatoms. The maximum absolute atomic E-state index is 12.0. The predicted octanol–water partition coefficient (Wildman–Crippen LogP) is 3.40. The van der Waals surface area contributed by atoms with Crippen LogP contribution < -0.4 is 10.1 Å². The van der Waals surface area contributed by atoms with Crippen molar-refractivity contribution in [3.63, 3.8) is 0 Å². The first-order chi connectivity index (χ1) is 7.79. The third kappa shape index (κ3) is 4.68. The zero-order valence-corrected chi connectivity index (χ0v) is 10.9. The molecule has 0 heterocycles. The third-order valence-electron chi connectivity index (χ3n) is 1.86. The molecule has 94 valence electrons. The van der Waals surface area contributed by atoms with E-state index < -0.39 is 10.9 Å². The van der Waals surface area contributed by atoms with Crippen LogP contribution in [-0.2, 0) is 4.79 Å². The molecule has 0 aromatic heterocycles. The van der Waals surface area contributed by atoms with Gasteiger partial charge < -0.3 is 10.1 Å². The van der Waals surface area contributed by atoms with Crippen molar-refractivity contribution in [3.05, 3.63) is 24.3 Å². The average Bonchev–Trinajstić information content (AvgIpc) is 2.15. The van der Waals surface area contributed by atoms with Gasteiger partial charge in [0, 0.05) is 11.8 Å². The van der Waals surface area contributed by atoms with Crippen LogP contribution in [-0.4, -0.2) is 16.8 Å². The fraction of sp³-hybridized carbons (Fsp3) is 0.364. The van der Waals surface area contributed by atoms with Crippen molar-refractivity contribution in [2.45, 2.75) is 24.8 Å². The number of hydrogen-bond acceptors (Lipinski definition) is 2. The summed E-state index contributed by atoms with van der Waals surface area (Å²) in [7, 11) is 0. The van der Waals surface area contributed by atoms with Crippen LogP contribution in [0, 0.1) is 0 Å².